The highest BCUT2D eigenvalue weighted by Crippen LogP contribution is 2.32. The van der Waals surface area contributed by atoms with Crippen LogP contribution >= 0.6 is 0 Å². The van der Waals surface area contributed by atoms with Crippen molar-refractivity contribution in [1.82, 2.24) is 4.98 Å². The van der Waals surface area contributed by atoms with Crippen LogP contribution in [0.25, 0.3) is 32.8 Å². The fourth-order valence-corrected chi connectivity index (χ4v) is 3.06. The summed E-state index contributed by atoms with van der Waals surface area (Å²) in [6.07, 6.45) is 1.92. The third-order valence-corrected chi connectivity index (χ3v) is 4.45. The molecule has 0 spiro atoms. The summed E-state index contributed by atoms with van der Waals surface area (Å²) in [4.78, 5) is 4.65. The van der Waals surface area contributed by atoms with Crippen LogP contribution in [0.5, 0.6) is 0 Å². The normalized spacial score (nSPS) is 11.2. The van der Waals surface area contributed by atoms with E-state index < -0.39 is 0 Å². The van der Waals surface area contributed by atoms with Crippen LogP contribution in [0, 0.1) is 13.8 Å². The van der Waals surface area contributed by atoms with Crippen LogP contribution in [-0.2, 0) is 0 Å². The Morgan fingerprint density at radius 1 is 0.682 bits per heavy atom. The predicted molar refractivity (Wildman–Crippen MR) is 94.2 cm³/mol. The third-order valence-electron chi connectivity index (χ3n) is 4.45. The molecular formula is C21H17N. The van der Waals surface area contributed by atoms with Gasteiger partial charge in [0.15, 0.2) is 0 Å². The monoisotopic (exact) mass is 283 g/mol. The maximum Gasteiger partial charge on any atom is 0.0780 e. The molecule has 0 atom stereocenters. The van der Waals surface area contributed by atoms with Crippen molar-refractivity contribution in [2.24, 2.45) is 0 Å². The average molecular weight is 283 g/mol. The zero-order chi connectivity index (χ0) is 15.1. The van der Waals surface area contributed by atoms with E-state index in [1.54, 1.807) is 0 Å². The van der Waals surface area contributed by atoms with Gasteiger partial charge < -0.3 is 0 Å². The van der Waals surface area contributed by atoms with Gasteiger partial charge in [0.25, 0.3) is 0 Å². The molecular weight excluding hydrogens is 266 g/mol. The summed E-state index contributed by atoms with van der Waals surface area (Å²) < 4.78 is 0. The molecule has 3 aromatic carbocycles. The molecule has 0 saturated heterocycles. The Kier molecular flexibility index (Phi) is 2.93. The molecule has 106 valence electrons. The smallest absolute Gasteiger partial charge is 0.0780 e. The highest BCUT2D eigenvalue weighted by atomic mass is 14.7. The standard InChI is InChI=1S/C21H17N/c1-14-7-8-17(13-15(14)2)21-20-10-9-16-5-3-4-6-18(16)19(20)11-12-22-21/h3-13H,1-2H3. The Hall–Kier alpha value is -2.67. The molecule has 0 N–H and O–H groups in total. The first-order valence-electron chi connectivity index (χ1n) is 7.58. The van der Waals surface area contributed by atoms with E-state index in [1.807, 2.05) is 6.20 Å². The molecule has 0 radical (unpaired) electrons. The van der Waals surface area contributed by atoms with E-state index >= 15 is 0 Å². The molecule has 0 saturated carbocycles. The molecule has 1 nitrogen and oxygen atoms in total. The van der Waals surface area contributed by atoms with Gasteiger partial charge in [-0.3, -0.25) is 4.98 Å². The zero-order valence-corrected chi connectivity index (χ0v) is 12.8. The van der Waals surface area contributed by atoms with Gasteiger partial charge in [-0.15, -0.1) is 0 Å². The first-order valence-corrected chi connectivity index (χ1v) is 7.58. The number of hydrogen-bond donors (Lipinski definition) is 0. The minimum atomic E-state index is 1.06. The Labute approximate surface area is 130 Å². The SMILES string of the molecule is Cc1ccc(-c2nccc3c2ccc2ccccc23)cc1C. The van der Waals surface area contributed by atoms with Crippen molar-refractivity contribution in [2.45, 2.75) is 13.8 Å². The van der Waals surface area contributed by atoms with Gasteiger partial charge in [0.05, 0.1) is 5.69 Å². The van der Waals surface area contributed by atoms with Crippen molar-refractivity contribution in [3.8, 4) is 11.3 Å². The van der Waals surface area contributed by atoms with Gasteiger partial charge >= 0.3 is 0 Å². The number of hydrogen-bond acceptors (Lipinski definition) is 1. The van der Waals surface area contributed by atoms with Crippen LogP contribution in [0.3, 0.4) is 0 Å². The Morgan fingerprint density at radius 2 is 1.55 bits per heavy atom. The Bertz CT molecular complexity index is 999. The molecule has 0 aliphatic heterocycles. The first-order chi connectivity index (χ1) is 10.7. The molecule has 22 heavy (non-hydrogen) atoms. The molecule has 0 aliphatic rings. The largest absolute Gasteiger partial charge is 0.256 e. The second kappa shape index (κ2) is 4.96. The van der Waals surface area contributed by atoms with Gasteiger partial charge in [0.2, 0.25) is 0 Å². The van der Waals surface area contributed by atoms with E-state index in [-0.39, 0.29) is 0 Å². The summed E-state index contributed by atoms with van der Waals surface area (Å²) in [6.45, 7) is 4.29. The number of pyridine rings is 1. The lowest BCUT2D eigenvalue weighted by Crippen LogP contribution is -1.89. The molecule has 1 aromatic heterocycles. The lowest BCUT2D eigenvalue weighted by Gasteiger charge is -2.10. The van der Waals surface area contributed by atoms with E-state index in [2.05, 4.69) is 79.5 Å². The number of fused-ring (bicyclic) bond motifs is 3. The van der Waals surface area contributed by atoms with Crippen LogP contribution in [0.15, 0.2) is 66.9 Å². The lowest BCUT2D eigenvalue weighted by atomic mass is 9.97. The van der Waals surface area contributed by atoms with Gasteiger partial charge in [-0.25, -0.2) is 0 Å². The van der Waals surface area contributed by atoms with Gasteiger partial charge in [-0.1, -0.05) is 48.5 Å². The molecule has 4 aromatic rings. The quantitative estimate of drug-likeness (QED) is 0.410. The Morgan fingerprint density at radius 3 is 2.41 bits per heavy atom. The Balaban J connectivity index is 2.06. The summed E-state index contributed by atoms with van der Waals surface area (Å²) in [6, 6.07) is 21.6. The van der Waals surface area contributed by atoms with Crippen LogP contribution < -0.4 is 0 Å². The van der Waals surface area contributed by atoms with Crippen LogP contribution in [0.2, 0.25) is 0 Å². The predicted octanol–water partition coefficient (Wildman–Crippen LogP) is 5.67. The molecule has 0 bridgehead atoms. The van der Waals surface area contributed by atoms with E-state index in [4.69, 9.17) is 0 Å². The van der Waals surface area contributed by atoms with Gasteiger partial charge in [-0.2, -0.15) is 0 Å². The van der Waals surface area contributed by atoms with Crippen molar-refractivity contribution < 1.29 is 0 Å². The fraction of sp³-hybridized carbons (Fsp3) is 0.0952. The minimum absolute atomic E-state index is 1.06. The molecule has 0 unspecified atom stereocenters. The zero-order valence-electron chi connectivity index (χ0n) is 12.8. The maximum absolute atomic E-state index is 4.65. The number of rotatable bonds is 1. The second-order valence-electron chi connectivity index (χ2n) is 5.84. The van der Waals surface area contributed by atoms with E-state index in [0.29, 0.717) is 0 Å². The number of aryl methyl sites for hydroxylation is 2. The fourth-order valence-electron chi connectivity index (χ4n) is 3.06. The van der Waals surface area contributed by atoms with Crippen molar-refractivity contribution in [3.05, 3.63) is 78.0 Å². The lowest BCUT2D eigenvalue weighted by molar-refractivity contribution is 1.31. The van der Waals surface area contributed by atoms with Gasteiger partial charge in [0, 0.05) is 17.1 Å². The van der Waals surface area contributed by atoms with Crippen molar-refractivity contribution in [2.75, 3.05) is 0 Å². The summed E-state index contributed by atoms with van der Waals surface area (Å²) in [5, 5.41) is 5.03. The first kappa shape index (κ1) is 13.0. The van der Waals surface area contributed by atoms with E-state index in [1.165, 1.54) is 38.2 Å². The highest BCUT2D eigenvalue weighted by Gasteiger charge is 2.08. The minimum Gasteiger partial charge on any atom is -0.256 e. The summed E-state index contributed by atoms with van der Waals surface area (Å²) >= 11 is 0. The molecule has 1 heterocycles. The number of aromatic nitrogens is 1. The van der Waals surface area contributed by atoms with Crippen LogP contribution in [-0.4, -0.2) is 4.98 Å². The van der Waals surface area contributed by atoms with Crippen molar-refractivity contribution in [3.63, 3.8) is 0 Å². The third kappa shape index (κ3) is 1.98. The van der Waals surface area contributed by atoms with Crippen molar-refractivity contribution >= 4 is 21.5 Å². The van der Waals surface area contributed by atoms with E-state index in [9.17, 15) is 0 Å². The highest BCUT2D eigenvalue weighted by molar-refractivity contribution is 6.11. The molecule has 4 rings (SSSR count). The molecule has 0 aliphatic carbocycles. The summed E-state index contributed by atoms with van der Waals surface area (Å²) in [7, 11) is 0. The summed E-state index contributed by atoms with van der Waals surface area (Å²) in [5.74, 6) is 0. The molecule has 1 heteroatoms. The topological polar surface area (TPSA) is 12.9 Å². The van der Waals surface area contributed by atoms with Crippen molar-refractivity contribution in [1.29, 1.82) is 0 Å². The van der Waals surface area contributed by atoms with Gasteiger partial charge in [0.1, 0.15) is 0 Å². The average Bonchev–Trinajstić information content (AvgIpc) is 2.56. The second-order valence-corrected chi connectivity index (χ2v) is 5.84. The van der Waals surface area contributed by atoms with Gasteiger partial charge in [-0.05, 0) is 53.3 Å². The molecule has 0 amide bonds. The number of nitrogens with zero attached hydrogens (tertiary/aromatic N) is 1. The molecule has 0 fully saturated rings. The maximum atomic E-state index is 4.65. The van der Waals surface area contributed by atoms with Crippen LogP contribution in [0.1, 0.15) is 11.1 Å². The number of benzene rings is 3. The van der Waals surface area contributed by atoms with E-state index in [0.717, 1.165) is 5.69 Å². The van der Waals surface area contributed by atoms with Crippen LogP contribution in [0.4, 0.5) is 0 Å². The summed E-state index contributed by atoms with van der Waals surface area (Å²) in [5.41, 5.74) is 4.86.